The van der Waals surface area contributed by atoms with Crippen molar-refractivity contribution >= 4 is 5.97 Å². The van der Waals surface area contributed by atoms with Gasteiger partial charge in [-0.3, -0.25) is 0 Å². The van der Waals surface area contributed by atoms with Crippen LogP contribution >= 0.6 is 0 Å². The number of halogens is 3. The molecule has 20 heavy (non-hydrogen) atoms. The number of carbonyl (C=O) groups is 1. The number of benzene rings is 1. The number of alkyl halides is 3. The fourth-order valence-electron chi connectivity index (χ4n) is 1.41. The molecule has 1 aromatic heterocycles. The van der Waals surface area contributed by atoms with Gasteiger partial charge in [0.1, 0.15) is 5.75 Å². The molecule has 0 aliphatic heterocycles. The number of hydrogen-bond acceptors (Lipinski definition) is 5. The van der Waals surface area contributed by atoms with Crippen LogP contribution in [0.5, 0.6) is 5.75 Å². The molecule has 0 atom stereocenters. The second kappa shape index (κ2) is 5.19. The van der Waals surface area contributed by atoms with Gasteiger partial charge in [0.2, 0.25) is 0 Å². The van der Waals surface area contributed by atoms with Gasteiger partial charge >= 0.3 is 12.3 Å². The van der Waals surface area contributed by atoms with Crippen LogP contribution < -0.4 is 4.74 Å². The van der Waals surface area contributed by atoms with Gasteiger partial charge in [0.25, 0.3) is 0 Å². The Morgan fingerprint density at radius 2 is 2.10 bits per heavy atom. The van der Waals surface area contributed by atoms with Crippen LogP contribution in [0.3, 0.4) is 0 Å². The molecule has 0 radical (unpaired) electrons. The Bertz CT molecular complexity index is 625. The summed E-state index contributed by atoms with van der Waals surface area (Å²) in [5, 5.41) is 7.17. The van der Waals surface area contributed by atoms with E-state index in [4.69, 9.17) is 0 Å². The number of hydrogen-bond donors (Lipinski definition) is 0. The number of ether oxygens (including phenoxy) is 2. The van der Waals surface area contributed by atoms with E-state index in [9.17, 15) is 18.0 Å². The molecule has 6 nitrogen and oxygen atoms in total. The molecule has 0 spiro atoms. The Labute approximate surface area is 110 Å². The lowest BCUT2D eigenvalue weighted by atomic mass is 10.3. The number of esters is 1. The first-order valence-corrected chi connectivity index (χ1v) is 5.26. The average Bonchev–Trinajstić information content (AvgIpc) is 2.85. The van der Waals surface area contributed by atoms with Gasteiger partial charge in [-0.15, -0.1) is 18.3 Å². The minimum Gasteiger partial charge on any atom is -0.464 e. The summed E-state index contributed by atoms with van der Waals surface area (Å²) >= 11 is 0. The molecule has 0 bridgehead atoms. The summed E-state index contributed by atoms with van der Waals surface area (Å²) in [4.78, 5) is 11.2. The highest BCUT2D eigenvalue weighted by atomic mass is 19.4. The molecule has 0 aliphatic carbocycles. The molecular weight excluding hydrogens is 279 g/mol. The van der Waals surface area contributed by atoms with Gasteiger partial charge in [-0.1, -0.05) is 11.3 Å². The quantitative estimate of drug-likeness (QED) is 0.807. The zero-order valence-electron chi connectivity index (χ0n) is 10.1. The van der Waals surface area contributed by atoms with Crippen LogP contribution in [0.1, 0.15) is 10.5 Å². The molecule has 1 heterocycles. The van der Waals surface area contributed by atoms with E-state index in [0.717, 1.165) is 16.8 Å². The van der Waals surface area contributed by atoms with E-state index in [-0.39, 0.29) is 11.4 Å². The predicted molar refractivity (Wildman–Crippen MR) is 59.4 cm³/mol. The van der Waals surface area contributed by atoms with Crippen LogP contribution in [-0.2, 0) is 4.74 Å². The first-order valence-electron chi connectivity index (χ1n) is 5.26. The summed E-state index contributed by atoms with van der Waals surface area (Å²) in [6.45, 7) is 0. The summed E-state index contributed by atoms with van der Waals surface area (Å²) in [6.07, 6.45) is -3.54. The largest absolute Gasteiger partial charge is 0.573 e. The Hall–Kier alpha value is -2.58. The topological polar surface area (TPSA) is 66.2 Å². The van der Waals surface area contributed by atoms with E-state index in [1.54, 1.807) is 0 Å². The Morgan fingerprint density at radius 1 is 1.35 bits per heavy atom. The van der Waals surface area contributed by atoms with Crippen LogP contribution in [0.25, 0.3) is 5.69 Å². The molecule has 9 heteroatoms. The first-order chi connectivity index (χ1) is 9.39. The maximum Gasteiger partial charge on any atom is 0.573 e. The minimum absolute atomic E-state index is 0.0605. The lowest BCUT2D eigenvalue weighted by Crippen LogP contribution is -2.17. The van der Waals surface area contributed by atoms with Crippen LogP contribution in [-0.4, -0.2) is 34.4 Å². The third kappa shape index (κ3) is 3.25. The number of nitrogens with zero attached hydrogens (tertiary/aromatic N) is 3. The highest BCUT2D eigenvalue weighted by Crippen LogP contribution is 2.24. The highest BCUT2D eigenvalue weighted by molar-refractivity contribution is 5.86. The lowest BCUT2D eigenvalue weighted by Gasteiger charge is -2.09. The average molecular weight is 287 g/mol. The molecule has 0 saturated heterocycles. The third-order valence-corrected chi connectivity index (χ3v) is 2.20. The Morgan fingerprint density at radius 3 is 2.75 bits per heavy atom. The first kappa shape index (κ1) is 13.8. The summed E-state index contributed by atoms with van der Waals surface area (Å²) in [6, 6.07) is 5.10. The lowest BCUT2D eigenvalue weighted by molar-refractivity contribution is -0.274. The van der Waals surface area contributed by atoms with Gasteiger partial charge in [-0.25, -0.2) is 9.48 Å². The van der Waals surface area contributed by atoms with Crippen LogP contribution in [0.15, 0.2) is 30.5 Å². The Balaban J connectivity index is 2.27. The molecule has 0 aliphatic rings. The van der Waals surface area contributed by atoms with Crippen LogP contribution in [0.2, 0.25) is 0 Å². The van der Waals surface area contributed by atoms with Gasteiger partial charge in [-0.2, -0.15) is 0 Å². The summed E-state index contributed by atoms with van der Waals surface area (Å²) in [5.74, 6) is -1.09. The fourth-order valence-corrected chi connectivity index (χ4v) is 1.41. The van der Waals surface area contributed by atoms with Crippen molar-refractivity contribution in [3.8, 4) is 11.4 Å². The minimum atomic E-state index is -4.78. The second-order valence-electron chi connectivity index (χ2n) is 3.59. The molecule has 0 fully saturated rings. The van der Waals surface area contributed by atoms with Crippen molar-refractivity contribution in [1.82, 2.24) is 15.0 Å². The maximum absolute atomic E-state index is 12.1. The van der Waals surface area contributed by atoms with Crippen LogP contribution in [0, 0.1) is 0 Å². The maximum atomic E-state index is 12.1. The molecule has 0 saturated carbocycles. The molecule has 0 unspecified atom stereocenters. The van der Waals surface area contributed by atoms with Gasteiger partial charge in [-0.05, 0) is 12.1 Å². The summed E-state index contributed by atoms with van der Waals surface area (Å²) in [5.41, 5.74) is 0.198. The van der Waals surface area contributed by atoms with Crippen molar-refractivity contribution in [2.24, 2.45) is 0 Å². The standard InChI is InChI=1S/C11H8F3N3O3/c1-19-10(18)9-6-17(16-15-9)7-3-2-4-8(5-7)20-11(12,13)14/h2-6H,1H3. The molecular formula is C11H8F3N3O3. The molecule has 0 N–H and O–H groups in total. The number of aromatic nitrogens is 3. The van der Waals surface area contributed by atoms with Gasteiger partial charge in [0.15, 0.2) is 5.69 Å². The van der Waals surface area contributed by atoms with E-state index < -0.39 is 18.1 Å². The number of carbonyl (C=O) groups excluding carboxylic acids is 1. The molecule has 0 amide bonds. The fraction of sp³-hybridized carbons (Fsp3) is 0.182. The SMILES string of the molecule is COC(=O)c1cn(-c2cccc(OC(F)(F)F)c2)nn1. The van der Waals surface area contributed by atoms with E-state index >= 15 is 0 Å². The van der Waals surface area contributed by atoms with E-state index in [1.165, 1.54) is 25.4 Å². The molecule has 2 aromatic rings. The molecule has 106 valence electrons. The zero-order chi connectivity index (χ0) is 14.8. The summed E-state index contributed by atoms with van der Waals surface area (Å²) in [7, 11) is 1.18. The smallest absolute Gasteiger partial charge is 0.464 e. The predicted octanol–water partition coefficient (Wildman–Crippen LogP) is 1.95. The zero-order valence-corrected chi connectivity index (χ0v) is 10.1. The number of rotatable bonds is 3. The monoisotopic (exact) mass is 287 g/mol. The van der Waals surface area contributed by atoms with E-state index in [2.05, 4.69) is 19.8 Å². The second-order valence-corrected chi connectivity index (χ2v) is 3.59. The van der Waals surface area contributed by atoms with E-state index in [1.807, 2.05) is 0 Å². The number of methoxy groups -OCH3 is 1. The third-order valence-electron chi connectivity index (χ3n) is 2.20. The van der Waals surface area contributed by atoms with Crippen molar-refractivity contribution in [3.63, 3.8) is 0 Å². The normalized spacial score (nSPS) is 11.2. The highest BCUT2D eigenvalue weighted by Gasteiger charge is 2.31. The Kier molecular flexibility index (Phi) is 3.59. The van der Waals surface area contributed by atoms with Crippen molar-refractivity contribution in [3.05, 3.63) is 36.2 Å². The van der Waals surface area contributed by atoms with Crippen LogP contribution in [0.4, 0.5) is 13.2 Å². The summed E-state index contributed by atoms with van der Waals surface area (Å²) < 4.78 is 45.7. The van der Waals surface area contributed by atoms with Crippen molar-refractivity contribution in [2.75, 3.05) is 7.11 Å². The van der Waals surface area contributed by atoms with Gasteiger partial charge < -0.3 is 9.47 Å². The van der Waals surface area contributed by atoms with Crippen molar-refractivity contribution in [1.29, 1.82) is 0 Å². The molecule has 2 rings (SSSR count). The van der Waals surface area contributed by atoms with Gasteiger partial charge in [0, 0.05) is 6.07 Å². The van der Waals surface area contributed by atoms with E-state index in [0.29, 0.717) is 0 Å². The van der Waals surface area contributed by atoms with Crippen molar-refractivity contribution in [2.45, 2.75) is 6.36 Å². The van der Waals surface area contributed by atoms with Gasteiger partial charge in [0.05, 0.1) is 19.0 Å². The van der Waals surface area contributed by atoms with Crippen molar-refractivity contribution < 1.29 is 27.4 Å². The molecule has 1 aromatic carbocycles.